The van der Waals surface area contributed by atoms with Gasteiger partial charge in [-0.05, 0) is 61.9 Å². The van der Waals surface area contributed by atoms with Gasteiger partial charge in [0.2, 0.25) is 5.91 Å². The fourth-order valence-electron chi connectivity index (χ4n) is 5.37. The molecule has 0 spiro atoms. The van der Waals surface area contributed by atoms with Gasteiger partial charge in [0.15, 0.2) is 0 Å². The van der Waals surface area contributed by atoms with Gasteiger partial charge in [-0.15, -0.1) is 0 Å². The maximum Gasteiger partial charge on any atom is 0.355 e. The number of carbonyl (C=O) groups excluding carboxylic acids is 2. The van der Waals surface area contributed by atoms with Crippen LogP contribution in [0.3, 0.4) is 0 Å². The first-order chi connectivity index (χ1) is 14.6. The third-order valence-corrected chi connectivity index (χ3v) is 6.81. The molecule has 0 bridgehead atoms. The van der Waals surface area contributed by atoms with Gasteiger partial charge in [-0.1, -0.05) is 39.0 Å². The van der Waals surface area contributed by atoms with Crippen molar-refractivity contribution in [3.05, 3.63) is 29.5 Å². The van der Waals surface area contributed by atoms with Gasteiger partial charge in [0.05, 0.1) is 12.6 Å². The van der Waals surface area contributed by atoms with Crippen LogP contribution >= 0.6 is 0 Å². The minimum absolute atomic E-state index is 0.0571. The van der Waals surface area contributed by atoms with Crippen LogP contribution in [0.5, 0.6) is 0 Å². The molecule has 1 saturated heterocycles. The molecular weight excluding hydrogens is 378 g/mol. The SMILES string of the molecule is CCOC(=O)c1[nH]c2ccc(NC(=O)[C@H]3NCCC3C3CCCCC3)cc2c1CC. The molecule has 3 N–H and O–H groups in total. The molecule has 30 heavy (non-hydrogen) atoms. The van der Waals surface area contributed by atoms with E-state index >= 15 is 0 Å². The van der Waals surface area contributed by atoms with Crippen LogP contribution in [-0.2, 0) is 16.0 Å². The number of amides is 1. The smallest absolute Gasteiger partial charge is 0.355 e. The third-order valence-electron chi connectivity index (χ3n) is 6.81. The van der Waals surface area contributed by atoms with Gasteiger partial charge in [-0.2, -0.15) is 0 Å². The van der Waals surface area contributed by atoms with E-state index in [1.165, 1.54) is 32.1 Å². The standard InChI is InChI=1S/C24H33N3O3/c1-3-17-19-14-16(10-11-20(19)27-22(17)24(29)30-4-2)26-23(28)21-18(12-13-25-21)15-8-6-5-7-9-15/h10-11,14-15,18,21,25,27H,3-9,12-13H2,1-2H3,(H,26,28)/t18?,21-/m0/s1. The highest BCUT2D eigenvalue weighted by Crippen LogP contribution is 2.36. The minimum Gasteiger partial charge on any atom is -0.461 e. The van der Waals surface area contributed by atoms with Crippen LogP contribution in [0.4, 0.5) is 5.69 Å². The molecule has 1 aromatic carbocycles. The maximum atomic E-state index is 13.1. The fourth-order valence-corrected chi connectivity index (χ4v) is 5.37. The van der Waals surface area contributed by atoms with Gasteiger partial charge in [0.25, 0.3) is 0 Å². The molecule has 0 radical (unpaired) electrons. The first-order valence-corrected chi connectivity index (χ1v) is 11.5. The Labute approximate surface area is 178 Å². The van der Waals surface area contributed by atoms with Crippen LogP contribution in [0, 0.1) is 11.8 Å². The molecule has 2 heterocycles. The Morgan fingerprint density at radius 3 is 2.67 bits per heavy atom. The van der Waals surface area contributed by atoms with E-state index in [2.05, 4.69) is 15.6 Å². The van der Waals surface area contributed by atoms with Gasteiger partial charge >= 0.3 is 5.97 Å². The Morgan fingerprint density at radius 2 is 1.93 bits per heavy atom. The highest BCUT2D eigenvalue weighted by Gasteiger charge is 2.38. The van der Waals surface area contributed by atoms with Gasteiger partial charge in [-0.25, -0.2) is 4.79 Å². The monoisotopic (exact) mass is 411 g/mol. The van der Waals surface area contributed by atoms with Crippen molar-refractivity contribution in [1.82, 2.24) is 10.3 Å². The van der Waals surface area contributed by atoms with Crippen molar-refractivity contribution in [1.29, 1.82) is 0 Å². The number of aryl methyl sites for hydroxylation is 1. The Kier molecular flexibility index (Phi) is 6.42. The van der Waals surface area contributed by atoms with Crippen LogP contribution in [-0.4, -0.2) is 36.1 Å². The summed E-state index contributed by atoms with van der Waals surface area (Å²) in [5.74, 6) is 0.821. The number of H-pyrrole nitrogens is 1. The number of hydrogen-bond acceptors (Lipinski definition) is 4. The van der Waals surface area contributed by atoms with E-state index in [1.807, 2.05) is 25.1 Å². The van der Waals surface area contributed by atoms with Crippen molar-refractivity contribution < 1.29 is 14.3 Å². The number of rotatable bonds is 6. The second-order valence-corrected chi connectivity index (χ2v) is 8.58. The zero-order valence-corrected chi connectivity index (χ0v) is 18.1. The molecular formula is C24H33N3O3. The Hall–Kier alpha value is -2.34. The summed E-state index contributed by atoms with van der Waals surface area (Å²) >= 11 is 0. The minimum atomic E-state index is -0.332. The lowest BCUT2D eigenvalue weighted by Crippen LogP contribution is -2.42. The van der Waals surface area contributed by atoms with Gasteiger partial charge in [-0.3, -0.25) is 4.79 Å². The molecule has 6 nitrogen and oxygen atoms in total. The summed E-state index contributed by atoms with van der Waals surface area (Å²) in [5, 5.41) is 7.53. The lowest BCUT2D eigenvalue weighted by atomic mass is 9.76. The van der Waals surface area contributed by atoms with Gasteiger partial charge in [0, 0.05) is 16.6 Å². The summed E-state index contributed by atoms with van der Waals surface area (Å²) in [7, 11) is 0. The molecule has 2 atom stereocenters. The summed E-state index contributed by atoms with van der Waals surface area (Å²) in [4.78, 5) is 28.6. The molecule has 1 saturated carbocycles. The van der Waals surface area contributed by atoms with E-state index in [0.29, 0.717) is 30.6 Å². The normalized spacial score (nSPS) is 22.3. The molecule has 2 fully saturated rings. The number of aromatic nitrogens is 1. The van der Waals surface area contributed by atoms with Crippen LogP contribution < -0.4 is 10.6 Å². The second kappa shape index (κ2) is 9.21. The molecule has 1 aromatic heterocycles. The number of esters is 1. The fraction of sp³-hybridized carbons (Fsp3) is 0.583. The summed E-state index contributed by atoms with van der Waals surface area (Å²) in [5.41, 5.74) is 3.09. The number of aromatic amines is 1. The van der Waals surface area contributed by atoms with E-state index in [4.69, 9.17) is 4.74 Å². The van der Waals surface area contributed by atoms with Crippen molar-refractivity contribution in [2.24, 2.45) is 11.8 Å². The zero-order chi connectivity index (χ0) is 21.1. The molecule has 2 aliphatic rings. The Balaban J connectivity index is 1.53. The van der Waals surface area contributed by atoms with Crippen LogP contribution in [0.25, 0.3) is 10.9 Å². The lowest BCUT2D eigenvalue weighted by Gasteiger charge is -2.30. The molecule has 6 heteroatoms. The van der Waals surface area contributed by atoms with Crippen molar-refractivity contribution in [2.75, 3.05) is 18.5 Å². The largest absolute Gasteiger partial charge is 0.461 e. The first-order valence-electron chi connectivity index (χ1n) is 11.5. The highest BCUT2D eigenvalue weighted by molar-refractivity contribution is 6.01. The average molecular weight is 412 g/mol. The van der Waals surface area contributed by atoms with E-state index in [0.717, 1.165) is 35.1 Å². The number of benzene rings is 1. The van der Waals surface area contributed by atoms with Crippen LogP contribution in [0.15, 0.2) is 18.2 Å². The van der Waals surface area contributed by atoms with E-state index in [1.54, 1.807) is 6.92 Å². The summed E-state index contributed by atoms with van der Waals surface area (Å²) in [6.45, 7) is 5.08. The molecule has 162 valence electrons. The van der Waals surface area contributed by atoms with Crippen LogP contribution in [0.1, 0.15) is 68.4 Å². The third kappa shape index (κ3) is 4.10. The lowest BCUT2D eigenvalue weighted by molar-refractivity contribution is -0.119. The summed E-state index contributed by atoms with van der Waals surface area (Å²) < 4.78 is 5.18. The maximum absolute atomic E-state index is 13.1. The number of ether oxygens (including phenoxy) is 1. The molecule has 1 unspecified atom stereocenters. The van der Waals surface area contributed by atoms with Gasteiger partial charge in [0.1, 0.15) is 5.69 Å². The average Bonchev–Trinajstić information content (AvgIpc) is 3.39. The van der Waals surface area contributed by atoms with Gasteiger partial charge < -0.3 is 20.4 Å². The van der Waals surface area contributed by atoms with Crippen molar-refractivity contribution in [2.45, 2.75) is 64.8 Å². The second-order valence-electron chi connectivity index (χ2n) is 8.58. The zero-order valence-electron chi connectivity index (χ0n) is 18.1. The number of hydrogen-bond donors (Lipinski definition) is 3. The molecule has 1 aliphatic carbocycles. The predicted octanol–water partition coefficient (Wildman–Crippen LogP) is 4.40. The first kappa shape index (κ1) is 20.9. The summed E-state index contributed by atoms with van der Waals surface area (Å²) in [6, 6.07) is 5.68. The van der Waals surface area contributed by atoms with E-state index in [9.17, 15) is 9.59 Å². The molecule has 1 amide bonds. The topological polar surface area (TPSA) is 83.2 Å². The van der Waals surface area contributed by atoms with Crippen molar-refractivity contribution in [3.8, 4) is 0 Å². The molecule has 2 aromatic rings. The van der Waals surface area contributed by atoms with E-state index < -0.39 is 0 Å². The number of fused-ring (bicyclic) bond motifs is 1. The summed E-state index contributed by atoms with van der Waals surface area (Å²) in [6.07, 6.45) is 8.22. The number of anilines is 1. The predicted molar refractivity (Wildman–Crippen MR) is 119 cm³/mol. The van der Waals surface area contributed by atoms with Crippen LogP contribution in [0.2, 0.25) is 0 Å². The number of carbonyl (C=O) groups is 2. The van der Waals surface area contributed by atoms with E-state index in [-0.39, 0.29) is 17.9 Å². The van der Waals surface area contributed by atoms with Crippen molar-refractivity contribution in [3.63, 3.8) is 0 Å². The number of nitrogens with one attached hydrogen (secondary N) is 3. The highest BCUT2D eigenvalue weighted by atomic mass is 16.5. The van der Waals surface area contributed by atoms with Crippen molar-refractivity contribution >= 4 is 28.5 Å². The molecule has 1 aliphatic heterocycles. The Morgan fingerprint density at radius 1 is 1.13 bits per heavy atom. The quantitative estimate of drug-likeness (QED) is 0.615. The molecule has 4 rings (SSSR count). The Bertz CT molecular complexity index is 914.